The summed E-state index contributed by atoms with van der Waals surface area (Å²) in [4.78, 5) is 13.9. The molecule has 16 heavy (non-hydrogen) atoms. The summed E-state index contributed by atoms with van der Waals surface area (Å²) in [6.45, 7) is 0.345. The van der Waals surface area contributed by atoms with Gasteiger partial charge in [0.2, 0.25) is 5.82 Å². The first-order valence-corrected chi connectivity index (χ1v) is 6.46. The summed E-state index contributed by atoms with van der Waals surface area (Å²) in [7, 11) is -0.955. The number of nitro groups is 1. The van der Waals surface area contributed by atoms with Gasteiger partial charge in [-0.3, -0.25) is 14.3 Å². The maximum absolute atomic E-state index is 10.8. The molecule has 0 spiro atoms. The fourth-order valence-electron chi connectivity index (χ4n) is 1.02. The standard InChI is InChI=1S/C8H10ClN3O3S/c1-16(15)5-4-10-8-6(12(13)14)2-3-7(9)11-8/h2-3H,4-5H2,1H3,(H,10,11). The smallest absolute Gasteiger partial charge is 0.311 e. The Bertz CT molecular complexity index is 427. The van der Waals surface area contributed by atoms with E-state index in [0.29, 0.717) is 12.3 Å². The Balaban J connectivity index is 2.80. The maximum Gasteiger partial charge on any atom is 0.311 e. The van der Waals surface area contributed by atoms with Crippen LogP contribution in [-0.2, 0) is 10.8 Å². The topological polar surface area (TPSA) is 85.1 Å². The summed E-state index contributed by atoms with van der Waals surface area (Å²) in [5.41, 5.74) is -0.147. The largest absolute Gasteiger partial charge is 0.363 e. The summed E-state index contributed by atoms with van der Waals surface area (Å²) < 4.78 is 10.8. The zero-order valence-corrected chi connectivity index (χ0v) is 10.0. The van der Waals surface area contributed by atoms with E-state index in [-0.39, 0.29) is 16.7 Å². The highest BCUT2D eigenvalue weighted by Crippen LogP contribution is 2.23. The molecule has 0 bridgehead atoms. The van der Waals surface area contributed by atoms with Gasteiger partial charge in [0, 0.05) is 35.4 Å². The first kappa shape index (κ1) is 12.9. The van der Waals surface area contributed by atoms with Gasteiger partial charge in [-0.05, 0) is 6.07 Å². The number of hydrogen-bond donors (Lipinski definition) is 1. The van der Waals surface area contributed by atoms with Gasteiger partial charge in [0.05, 0.1) is 4.92 Å². The molecule has 0 saturated heterocycles. The molecule has 1 heterocycles. The summed E-state index contributed by atoms with van der Waals surface area (Å²) in [6, 6.07) is 2.63. The second-order valence-corrected chi connectivity index (χ2v) is 4.90. The SMILES string of the molecule is CS(=O)CCNc1nc(Cl)ccc1[N+](=O)[O-]. The number of hydrogen-bond acceptors (Lipinski definition) is 5. The molecule has 0 radical (unpaired) electrons. The Morgan fingerprint density at radius 3 is 2.88 bits per heavy atom. The minimum absolute atomic E-state index is 0.1000. The van der Waals surface area contributed by atoms with Crippen LogP contribution in [0.15, 0.2) is 12.1 Å². The predicted octanol–water partition coefficient (Wildman–Crippen LogP) is 1.43. The minimum atomic E-state index is -0.955. The van der Waals surface area contributed by atoms with E-state index in [2.05, 4.69) is 10.3 Å². The Kier molecular flexibility index (Phi) is 4.63. The van der Waals surface area contributed by atoms with Crippen molar-refractivity contribution in [3.05, 3.63) is 27.4 Å². The molecule has 0 saturated carbocycles. The molecule has 1 aromatic rings. The predicted molar refractivity (Wildman–Crippen MR) is 63.3 cm³/mol. The van der Waals surface area contributed by atoms with Crippen molar-refractivity contribution >= 4 is 33.9 Å². The molecule has 0 aliphatic carbocycles. The monoisotopic (exact) mass is 263 g/mol. The average Bonchev–Trinajstić information content (AvgIpc) is 2.16. The van der Waals surface area contributed by atoms with E-state index in [9.17, 15) is 14.3 Å². The van der Waals surface area contributed by atoms with Crippen molar-refractivity contribution in [3.63, 3.8) is 0 Å². The van der Waals surface area contributed by atoms with E-state index in [4.69, 9.17) is 11.6 Å². The number of pyridine rings is 1. The van der Waals surface area contributed by atoms with Crippen molar-refractivity contribution in [2.45, 2.75) is 0 Å². The first-order valence-electron chi connectivity index (χ1n) is 4.35. The summed E-state index contributed by atoms with van der Waals surface area (Å²) in [5, 5.41) is 13.6. The van der Waals surface area contributed by atoms with Gasteiger partial charge in [-0.1, -0.05) is 11.6 Å². The Hall–Kier alpha value is -1.21. The lowest BCUT2D eigenvalue weighted by Gasteiger charge is -2.04. The van der Waals surface area contributed by atoms with Gasteiger partial charge < -0.3 is 5.32 Å². The molecule has 1 rings (SSSR count). The van der Waals surface area contributed by atoms with Gasteiger partial charge in [0.15, 0.2) is 0 Å². The summed E-state index contributed by atoms with van der Waals surface area (Å²) in [5.74, 6) is 0.494. The van der Waals surface area contributed by atoms with Crippen LogP contribution in [0.25, 0.3) is 0 Å². The number of halogens is 1. The van der Waals surface area contributed by atoms with Crippen molar-refractivity contribution in [2.75, 3.05) is 23.9 Å². The highest BCUT2D eigenvalue weighted by Gasteiger charge is 2.14. The minimum Gasteiger partial charge on any atom is -0.363 e. The normalized spacial score (nSPS) is 12.1. The van der Waals surface area contributed by atoms with Crippen LogP contribution in [0, 0.1) is 10.1 Å². The van der Waals surface area contributed by atoms with E-state index >= 15 is 0 Å². The quantitative estimate of drug-likeness (QED) is 0.493. The Labute approximate surface area is 99.6 Å². The van der Waals surface area contributed by atoms with Crippen LogP contribution in [0.1, 0.15) is 0 Å². The average molecular weight is 264 g/mol. The lowest BCUT2D eigenvalue weighted by atomic mass is 10.4. The van der Waals surface area contributed by atoms with E-state index in [1.807, 2.05) is 0 Å². The zero-order valence-electron chi connectivity index (χ0n) is 8.47. The lowest BCUT2D eigenvalue weighted by molar-refractivity contribution is -0.384. The van der Waals surface area contributed by atoms with Crippen LogP contribution < -0.4 is 5.32 Å². The van der Waals surface area contributed by atoms with Crippen LogP contribution in [-0.4, -0.2) is 32.7 Å². The number of aromatic nitrogens is 1. The molecule has 6 nitrogen and oxygen atoms in total. The summed E-state index contributed by atoms with van der Waals surface area (Å²) >= 11 is 5.63. The molecule has 1 unspecified atom stereocenters. The molecular weight excluding hydrogens is 254 g/mol. The van der Waals surface area contributed by atoms with Crippen molar-refractivity contribution in [1.29, 1.82) is 0 Å². The molecule has 0 aliphatic rings. The zero-order chi connectivity index (χ0) is 12.1. The number of nitrogens with one attached hydrogen (secondary N) is 1. The third kappa shape index (κ3) is 3.74. The molecule has 0 aromatic carbocycles. The number of anilines is 1. The van der Waals surface area contributed by atoms with Gasteiger partial charge in [0.1, 0.15) is 5.15 Å². The fourth-order valence-corrected chi connectivity index (χ4v) is 1.56. The van der Waals surface area contributed by atoms with Crippen LogP contribution in [0.3, 0.4) is 0 Å². The molecule has 88 valence electrons. The van der Waals surface area contributed by atoms with Crippen LogP contribution in [0.2, 0.25) is 5.15 Å². The van der Waals surface area contributed by atoms with E-state index in [1.54, 1.807) is 6.26 Å². The Morgan fingerprint density at radius 1 is 1.62 bits per heavy atom. The Morgan fingerprint density at radius 2 is 2.31 bits per heavy atom. The first-order chi connectivity index (χ1) is 7.50. The van der Waals surface area contributed by atoms with Gasteiger partial charge in [0.25, 0.3) is 0 Å². The summed E-state index contributed by atoms with van der Waals surface area (Å²) in [6.07, 6.45) is 1.56. The lowest BCUT2D eigenvalue weighted by Crippen LogP contribution is -2.12. The third-order valence-electron chi connectivity index (χ3n) is 1.72. The molecule has 1 N–H and O–H groups in total. The molecular formula is C8H10ClN3O3S. The van der Waals surface area contributed by atoms with Crippen molar-refractivity contribution in [2.24, 2.45) is 0 Å². The molecule has 0 aliphatic heterocycles. The molecule has 0 amide bonds. The highest BCUT2D eigenvalue weighted by molar-refractivity contribution is 7.84. The van der Waals surface area contributed by atoms with E-state index < -0.39 is 15.7 Å². The second kappa shape index (κ2) is 5.76. The maximum atomic E-state index is 10.8. The van der Waals surface area contributed by atoms with E-state index in [1.165, 1.54) is 12.1 Å². The van der Waals surface area contributed by atoms with Crippen molar-refractivity contribution in [3.8, 4) is 0 Å². The van der Waals surface area contributed by atoms with Gasteiger partial charge in [-0.15, -0.1) is 0 Å². The molecule has 1 atom stereocenters. The van der Waals surface area contributed by atoms with Crippen molar-refractivity contribution in [1.82, 2.24) is 4.98 Å². The molecule has 8 heteroatoms. The van der Waals surface area contributed by atoms with Crippen LogP contribution in [0.5, 0.6) is 0 Å². The van der Waals surface area contributed by atoms with Gasteiger partial charge in [-0.25, -0.2) is 4.98 Å². The van der Waals surface area contributed by atoms with Gasteiger partial charge >= 0.3 is 5.69 Å². The highest BCUT2D eigenvalue weighted by atomic mass is 35.5. The fraction of sp³-hybridized carbons (Fsp3) is 0.375. The van der Waals surface area contributed by atoms with Crippen LogP contribution in [0.4, 0.5) is 11.5 Å². The van der Waals surface area contributed by atoms with E-state index in [0.717, 1.165) is 0 Å². The second-order valence-electron chi connectivity index (χ2n) is 2.96. The molecule has 1 aromatic heterocycles. The van der Waals surface area contributed by atoms with Gasteiger partial charge in [-0.2, -0.15) is 0 Å². The third-order valence-corrected chi connectivity index (χ3v) is 2.71. The number of nitrogens with zero attached hydrogens (tertiary/aromatic N) is 2. The van der Waals surface area contributed by atoms with Crippen LogP contribution >= 0.6 is 11.6 Å². The molecule has 0 fully saturated rings. The number of rotatable bonds is 5. The van der Waals surface area contributed by atoms with Crippen molar-refractivity contribution < 1.29 is 9.13 Å².